The van der Waals surface area contributed by atoms with Crippen molar-refractivity contribution < 1.29 is 15.1 Å². The minimum absolute atomic E-state index is 0.0787. The first kappa shape index (κ1) is 12.6. The van der Waals surface area contributed by atoms with Crippen LogP contribution < -0.4 is 5.32 Å². The Morgan fingerprint density at radius 1 is 1.69 bits per heavy atom. The van der Waals surface area contributed by atoms with Gasteiger partial charge in [-0.1, -0.05) is 0 Å². The van der Waals surface area contributed by atoms with Crippen LogP contribution in [0.4, 0.5) is 11.5 Å². The lowest BCUT2D eigenvalue weighted by molar-refractivity contribution is -0.384. The molecule has 9 heteroatoms. The summed E-state index contributed by atoms with van der Waals surface area (Å²) >= 11 is 5.47. The Balaban J connectivity index is 2.84. The number of rotatable bonds is 5. The van der Waals surface area contributed by atoms with Gasteiger partial charge in [-0.05, 0) is 11.6 Å². The van der Waals surface area contributed by atoms with Gasteiger partial charge in [-0.15, -0.1) is 0 Å². The molecule has 0 aliphatic carbocycles. The molecule has 88 valence electrons. The van der Waals surface area contributed by atoms with E-state index >= 15 is 0 Å². The largest absolute Gasteiger partial charge is 0.394 e. The minimum Gasteiger partial charge on any atom is -0.394 e. The topological polar surface area (TPSA) is 121 Å². The Hall–Kier alpha value is -1.51. The van der Waals surface area contributed by atoms with Crippen LogP contribution in [0, 0.1) is 10.1 Å². The summed E-state index contributed by atoms with van der Waals surface area (Å²) in [5, 5.41) is 30.6. The third kappa shape index (κ3) is 3.26. The van der Waals surface area contributed by atoms with E-state index in [1.165, 1.54) is 0 Å². The van der Waals surface area contributed by atoms with Gasteiger partial charge in [-0.2, -0.15) is 4.98 Å². The van der Waals surface area contributed by atoms with Crippen molar-refractivity contribution in [3.05, 3.63) is 21.6 Å². The number of aliphatic hydroxyl groups is 2. The number of aromatic nitrogens is 2. The van der Waals surface area contributed by atoms with Crippen LogP contribution in [0.15, 0.2) is 6.20 Å². The number of aliphatic hydroxyl groups excluding tert-OH is 2. The summed E-state index contributed by atoms with van der Waals surface area (Å²) in [4.78, 5) is 17.0. The molecule has 0 bridgehead atoms. The van der Waals surface area contributed by atoms with Gasteiger partial charge in [-0.3, -0.25) is 10.1 Å². The predicted octanol–water partition coefficient (Wildman–Crippen LogP) is -0.197. The molecule has 3 N–H and O–H groups in total. The van der Waals surface area contributed by atoms with Crippen molar-refractivity contribution in [1.29, 1.82) is 0 Å². The second-order valence-corrected chi connectivity index (χ2v) is 3.19. The fraction of sp³-hybridized carbons (Fsp3) is 0.429. The number of anilines is 1. The van der Waals surface area contributed by atoms with Gasteiger partial charge in [0.2, 0.25) is 11.1 Å². The molecule has 0 saturated heterocycles. The Morgan fingerprint density at radius 2 is 2.38 bits per heavy atom. The summed E-state index contributed by atoms with van der Waals surface area (Å²) in [7, 11) is 0. The maximum atomic E-state index is 10.6. The maximum absolute atomic E-state index is 10.6. The second kappa shape index (κ2) is 5.54. The van der Waals surface area contributed by atoms with E-state index in [0.717, 1.165) is 6.20 Å². The zero-order chi connectivity index (χ0) is 12.1. The van der Waals surface area contributed by atoms with Crippen LogP contribution in [-0.4, -0.2) is 44.4 Å². The van der Waals surface area contributed by atoms with Gasteiger partial charge < -0.3 is 15.5 Å². The van der Waals surface area contributed by atoms with Crippen LogP contribution >= 0.6 is 11.6 Å². The summed E-state index contributed by atoms with van der Waals surface area (Å²) in [5.74, 6) is -0.0995. The molecule has 1 aromatic heterocycles. The van der Waals surface area contributed by atoms with Gasteiger partial charge >= 0.3 is 5.69 Å². The van der Waals surface area contributed by atoms with Crippen molar-refractivity contribution in [2.24, 2.45) is 0 Å². The zero-order valence-electron chi connectivity index (χ0n) is 8.00. The summed E-state index contributed by atoms with van der Waals surface area (Å²) in [6.45, 7) is -0.537. The summed E-state index contributed by atoms with van der Waals surface area (Å²) in [6, 6.07) is 0. The third-order valence-electron chi connectivity index (χ3n) is 1.65. The summed E-state index contributed by atoms with van der Waals surface area (Å²) in [6.07, 6.45) is -0.0726. The highest BCUT2D eigenvalue weighted by Gasteiger charge is 2.17. The highest BCUT2D eigenvalue weighted by molar-refractivity contribution is 6.28. The molecule has 0 saturated carbocycles. The number of nitrogens with one attached hydrogen (secondary N) is 1. The van der Waals surface area contributed by atoms with Gasteiger partial charge in [0.1, 0.15) is 6.20 Å². The molecule has 0 radical (unpaired) electrons. The standard InChI is InChI=1S/C7H9ClN4O4/c8-7-10-2-5(12(15)16)6(11-7)9-1-4(14)3-13/h2,4,13-14H,1,3H2,(H,9,10,11). The predicted molar refractivity (Wildman–Crippen MR) is 55.3 cm³/mol. The number of hydrogen-bond donors (Lipinski definition) is 3. The number of halogens is 1. The molecule has 0 aromatic carbocycles. The zero-order valence-corrected chi connectivity index (χ0v) is 8.76. The summed E-state index contributed by atoms with van der Waals surface area (Å²) < 4.78 is 0. The molecule has 1 heterocycles. The molecule has 0 amide bonds. The van der Waals surface area contributed by atoms with Crippen molar-refractivity contribution in [3.8, 4) is 0 Å². The van der Waals surface area contributed by atoms with E-state index in [2.05, 4.69) is 15.3 Å². The van der Waals surface area contributed by atoms with Crippen molar-refractivity contribution in [1.82, 2.24) is 9.97 Å². The van der Waals surface area contributed by atoms with Crippen molar-refractivity contribution in [2.45, 2.75) is 6.10 Å². The summed E-state index contributed by atoms with van der Waals surface area (Å²) in [5.41, 5.74) is -0.352. The lowest BCUT2D eigenvalue weighted by atomic mass is 10.3. The van der Waals surface area contributed by atoms with Crippen LogP contribution in [0.1, 0.15) is 0 Å². The monoisotopic (exact) mass is 248 g/mol. The fourth-order valence-corrected chi connectivity index (χ4v) is 1.03. The molecule has 0 fully saturated rings. The fourth-order valence-electron chi connectivity index (χ4n) is 0.897. The smallest absolute Gasteiger partial charge is 0.329 e. The lowest BCUT2D eigenvalue weighted by Crippen LogP contribution is -2.23. The highest BCUT2D eigenvalue weighted by Crippen LogP contribution is 2.21. The highest BCUT2D eigenvalue weighted by atomic mass is 35.5. The van der Waals surface area contributed by atoms with Crippen molar-refractivity contribution in [2.75, 3.05) is 18.5 Å². The van der Waals surface area contributed by atoms with Gasteiger partial charge in [-0.25, -0.2) is 4.98 Å². The van der Waals surface area contributed by atoms with Crippen LogP contribution in [0.2, 0.25) is 5.28 Å². The van der Waals surface area contributed by atoms with Crippen LogP contribution in [0.3, 0.4) is 0 Å². The number of hydrogen-bond acceptors (Lipinski definition) is 7. The lowest BCUT2D eigenvalue weighted by Gasteiger charge is -2.09. The number of nitrogens with zero attached hydrogens (tertiary/aromatic N) is 3. The van der Waals surface area contributed by atoms with E-state index in [-0.39, 0.29) is 23.3 Å². The minimum atomic E-state index is -1.03. The quantitative estimate of drug-likeness (QED) is 0.375. The van der Waals surface area contributed by atoms with E-state index in [1.807, 2.05) is 0 Å². The molecular weight excluding hydrogens is 240 g/mol. The normalized spacial score (nSPS) is 12.2. The Kier molecular flexibility index (Phi) is 4.35. The van der Waals surface area contributed by atoms with E-state index in [9.17, 15) is 10.1 Å². The van der Waals surface area contributed by atoms with Crippen molar-refractivity contribution in [3.63, 3.8) is 0 Å². The molecule has 0 spiro atoms. The van der Waals surface area contributed by atoms with Crippen LogP contribution in [0.25, 0.3) is 0 Å². The molecule has 1 aromatic rings. The van der Waals surface area contributed by atoms with Gasteiger partial charge in [0, 0.05) is 6.54 Å². The molecule has 1 unspecified atom stereocenters. The maximum Gasteiger partial charge on any atom is 0.329 e. The van der Waals surface area contributed by atoms with Crippen LogP contribution in [0.5, 0.6) is 0 Å². The first-order chi connectivity index (χ1) is 7.54. The second-order valence-electron chi connectivity index (χ2n) is 2.85. The third-order valence-corrected chi connectivity index (χ3v) is 1.83. The van der Waals surface area contributed by atoms with E-state index in [4.69, 9.17) is 21.8 Å². The molecule has 0 aliphatic heterocycles. The van der Waals surface area contributed by atoms with E-state index in [1.54, 1.807) is 0 Å². The van der Waals surface area contributed by atoms with Gasteiger partial charge in [0.05, 0.1) is 17.6 Å². The molecule has 16 heavy (non-hydrogen) atoms. The van der Waals surface area contributed by atoms with Crippen molar-refractivity contribution >= 4 is 23.1 Å². The van der Waals surface area contributed by atoms with E-state index in [0.29, 0.717) is 0 Å². The SMILES string of the molecule is O=[N+]([O-])c1cnc(Cl)nc1NCC(O)CO. The average Bonchev–Trinajstić information content (AvgIpc) is 2.25. The molecular formula is C7H9ClN4O4. The van der Waals surface area contributed by atoms with Gasteiger partial charge in [0.15, 0.2) is 0 Å². The van der Waals surface area contributed by atoms with Gasteiger partial charge in [0.25, 0.3) is 0 Å². The molecule has 0 aliphatic rings. The molecule has 8 nitrogen and oxygen atoms in total. The first-order valence-corrected chi connectivity index (χ1v) is 4.62. The Labute approximate surface area is 95.1 Å². The Bertz CT molecular complexity index is 389. The van der Waals surface area contributed by atoms with E-state index < -0.39 is 17.6 Å². The average molecular weight is 249 g/mol. The first-order valence-electron chi connectivity index (χ1n) is 4.24. The Morgan fingerprint density at radius 3 is 2.94 bits per heavy atom. The van der Waals surface area contributed by atoms with Crippen LogP contribution in [-0.2, 0) is 0 Å². The molecule has 1 rings (SSSR count). The number of nitro groups is 1. The molecule has 1 atom stereocenters.